The summed E-state index contributed by atoms with van der Waals surface area (Å²) in [5.74, 6) is 0.115. The van der Waals surface area contributed by atoms with Crippen molar-refractivity contribution >= 4 is 34.4 Å². The average Bonchev–Trinajstić information content (AvgIpc) is 3.38. The fourth-order valence-electron chi connectivity index (χ4n) is 3.87. The van der Waals surface area contributed by atoms with Gasteiger partial charge in [-0.05, 0) is 60.4 Å². The molecule has 0 N–H and O–H groups in total. The Balaban J connectivity index is 1.51. The number of rotatable bonds is 5. The van der Waals surface area contributed by atoms with Gasteiger partial charge in [-0.15, -0.1) is 22.7 Å². The van der Waals surface area contributed by atoms with Crippen molar-refractivity contribution in [3.8, 4) is 0 Å². The number of nitrogens with zero attached hydrogens (tertiary/aromatic N) is 1. The van der Waals surface area contributed by atoms with Crippen LogP contribution in [0.25, 0.3) is 0 Å². The molecule has 3 heterocycles. The van der Waals surface area contributed by atoms with Crippen LogP contribution in [-0.2, 0) is 11.2 Å². The minimum Gasteiger partial charge on any atom is -0.330 e. The summed E-state index contributed by atoms with van der Waals surface area (Å²) in [6, 6.07) is 12.2. The Morgan fingerprint density at radius 3 is 2.71 bits per heavy atom. The summed E-state index contributed by atoms with van der Waals surface area (Å²) >= 11 is 3.46. The van der Waals surface area contributed by atoms with Gasteiger partial charge in [0.2, 0.25) is 5.91 Å². The van der Waals surface area contributed by atoms with Crippen LogP contribution in [0.1, 0.15) is 55.7 Å². The number of Topliss-reactive ketones (excluding diaryl/α,β-unsaturated/α-hetero) is 1. The Kier molecular flexibility index (Phi) is 5.47. The van der Waals surface area contributed by atoms with Gasteiger partial charge >= 0.3 is 0 Å². The van der Waals surface area contributed by atoms with E-state index in [2.05, 4.69) is 22.9 Å². The number of amides is 1. The molecule has 1 amide bonds. The highest BCUT2D eigenvalue weighted by atomic mass is 32.1. The Bertz CT molecular complexity index is 1000. The van der Waals surface area contributed by atoms with E-state index in [0.717, 1.165) is 23.1 Å². The highest BCUT2D eigenvalue weighted by Crippen LogP contribution is 2.39. The molecule has 2 aromatic heterocycles. The third-order valence-corrected chi connectivity index (χ3v) is 7.28. The van der Waals surface area contributed by atoms with E-state index in [9.17, 15) is 9.59 Å². The van der Waals surface area contributed by atoms with Gasteiger partial charge in [0, 0.05) is 34.7 Å². The van der Waals surface area contributed by atoms with Gasteiger partial charge in [0.15, 0.2) is 5.78 Å². The summed E-state index contributed by atoms with van der Waals surface area (Å²) in [7, 11) is 0. The van der Waals surface area contributed by atoms with E-state index >= 15 is 0 Å². The molecule has 0 unspecified atom stereocenters. The Morgan fingerprint density at radius 1 is 1.07 bits per heavy atom. The summed E-state index contributed by atoms with van der Waals surface area (Å²) in [6.45, 7) is 4.65. The molecule has 0 bridgehead atoms. The number of ketones is 1. The van der Waals surface area contributed by atoms with Gasteiger partial charge in [0.1, 0.15) is 0 Å². The molecule has 0 spiro atoms. The van der Waals surface area contributed by atoms with E-state index in [4.69, 9.17) is 0 Å². The monoisotopic (exact) mass is 409 g/mol. The second-order valence-corrected chi connectivity index (χ2v) is 9.28. The van der Waals surface area contributed by atoms with Gasteiger partial charge < -0.3 is 4.90 Å². The van der Waals surface area contributed by atoms with Crippen molar-refractivity contribution in [2.45, 2.75) is 39.2 Å². The van der Waals surface area contributed by atoms with Crippen molar-refractivity contribution in [2.24, 2.45) is 0 Å². The van der Waals surface area contributed by atoms with Gasteiger partial charge in [-0.1, -0.05) is 23.8 Å². The molecule has 0 radical (unpaired) electrons. The van der Waals surface area contributed by atoms with Crippen molar-refractivity contribution in [3.05, 3.63) is 79.2 Å². The molecule has 28 heavy (non-hydrogen) atoms. The first-order valence-electron chi connectivity index (χ1n) is 9.54. The van der Waals surface area contributed by atoms with Gasteiger partial charge in [-0.2, -0.15) is 0 Å². The van der Waals surface area contributed by atoms with Crippen LogP contribution in [0.3, 0.4) is 0 Å². The zero-order valence-electron chi connectivity index (χ0n) is 16.1. The number of thiophene rings is 2. The average molecular weight is 410 g/mol. The van der Waals surface area contributed by atoms with Crippen LogP contribution in [-0.4, -0.2) is 23.1 Å². The lowest BCUT2D eigenvalue weighted by molar-refractivity contribution is -0.133. The fraction of sp³-hybridized carbons (Fsp3) is 0.304. The lowest BCUT2D eigenvalue weighted by Gasteiger charge is -2.35. The minimum atomic E-state index is -0.0155. The van der Waals surface area contributed by atoms with Crippen LogP contribution in [0.15, 0.2) is 47.2 Å². The highest BCUT2D eigenvalue weighted by Gasteiger charge is 2.33. The summed E-state index contributed by atoms with van der Waals surface area (Å²) in [5, 5.41) is 4.17. The zero-order valence-corrected chi connectivity index (χ0v) is 17.7. The second-order valence-electron chi connectivity index (χ2n) is 7.30. The van der Waals surface area contributed by atoms with Gasteiger partial charge in [0.25, 0.3) is 0 Å². The highest BCUT2D eigenvalue weighted by molar-refractivity contribution is 7.10. The lowest BCUT2D eigenvalue weighted by Crippen LogP contribution is -2.39. The lowest BCUT2D eigenvalue weighted by atomic mass is 9.96. The van der Waals surface area contributed by atoms with Crippen LogP contribution in [0.5, 0.6) is 0 Å². The molecule has 1 atom stereocenters. The maximum absolute atomic E-state index is 13.1. The molecule has 1 aliphatic rings. The van der Waals surface area contributed by atoms with Crippen LogP contribution < -0.4 is 0 Å². The first kappa shape index (κ1) is 19.1. The normalized spacial score (nSPS) is 16.1. The predicted octanol–water partition coefficient (Wildman–Crippen LogP) is 5.56. The first-order chi connectivity index (χ1) is 13.5. The second kappa shape index (κ2) is 8.02. The third-order valence-electron chi connectivity index (χ3n) is 5.36. The van der Waals surface area contributed by atoms with Crippen molar-refractivity contribution in [3.63, 3.8) is 0 Å². The molecule has 3 aromatic rings. The van der Waals surface area contributed by atoms with Crippen LogP contribution in [0.4, 0.5) is 0 Å². The number of fused-ring (bicyclic) bond motifs is 1. The number of carbonyl (C=O) groups is 2. The Morgan fingerprint density at radius 2 is 1.93 bits per heavy atom. The Labute approximate surface area is 173 Å². The maximum atomic E-state index is 13.1. The van der Waals surface area contributed by atoms with E-state index in [1.54, 1.807) is 22.7 Å². The van der Waals surface area contributed by atoms with Crippen LogP contribution in [0.2, 0.25) is 0 Å². The molecule has 144 valence electrons. The van der Waals surface area contributed by atoms with Crippen molar-refractivity contribution in [2.75, 3.05) is 6.54 Å². The molecule has 5 heteroatoms. The summed E-state index contributed by atoms with van der Waals surface area (Å²) in [4.78, 5) is 30.3. The quantitative estimate of drug-likeness (QED) is 0.517. The minimum absolute atomic E-state index is 0.0155. The summed E-state index contributed by atoms with van der Waals surface area (Å²) < 4.78 is 0. The number of aryl methyl sites for hydroxylation is 2. The third kappa shape index (κ3) is 3.69. The summed E-state index contributed by atoms with van der Waals surface area (Å²) in [6.07, 6.45) is 1.41. The van der Waals surface area contributed by atoms with Crippen LogP contribution in [0, 0.1) is 13.8 Å². The van der Waals surface area contributed by atoms with E-state index in [1.807, 2.05) is 43.0 Å². The van der Waals surface area contributed by atoms with E-state index < -0.39 is 0 Å². The Hall–Kier alpha value is -2.24. The molecule has 0 saturated carbocycles. The van der Waals surface area contributed by atoms with E-state index in [-0.39, 0.29) is 30.6 Å². The molecule has 3 nitrogen and oxygen atoms in total. The molecular formula is C23H23NO2S2. The van der Waals surface area contributed by atoms with Crippen molar-refractivity contribution in [1.82, 2.24) is 4.90 Å². The largest absolute Gasteiger partial charge is 0.330 e. The fourth-order valence-corrected chi connectivity index (χ4v) is 5.63. The molecule has 1 aromatic carbocycles. The molecule has 4 rings (SSSR count). The molecule has 1 aliphatic heterocycles. The number of hydrogen-bond acceptors (Lipinski definition) is 4. The SMILES string of the molecule is Cc1ccc(C)c(C(=O)CCC(=O)N2CCc3sccc3[C@H]2c2cccs2)c1. The molecule has 0 fully saturated rings. The zero-order chi connectivity index (χ0) is 19.7. The smallest absolute Gasteiger partial charge is 0.223 e. The predicted molar refractivity (Wildman–Crippen MR) is 115 cm³/mol. The summed E-state index contributed by atoms with van der Waals surface area (Å²) in [5.41, 5.74) is 4.02. The van der Waals surface area contributed by atoms with Crippen LogP contribution >= 0.6 is 22.7 Å². The van der Waals surface area contributed by atoms with Gasteiger partial charge in [-0.25, -0.2) is 0 Å². The number of benzene rings is 1. The van der Waals surface area contributed by atoms with E-state index in [1.165, 1.54) is 15.3 Å². The van der Waals surface area contributed by atoms with Gasteiger partial charge in [0.05, 0.1) is 6.04 Å². The number of hydrogen-bond donors (Lipinski definition) is 0. The van der Waals surface area contributed by atoms with E-state index in [0.29, 0.717) is 6.54 Å². The first-order valence-corrected chi connectivity index (χ1v) is 11.3. The standard InChI is InChI=1S/C23H23NO2S2/c1-15-5-6-16(2)18(14-15)19(25)7-8-22(26)24-11-9-20-17(10-13-28-20)23(24)21-4-3-12-27-21/h3-6,10,12-14,23H,7-9,11H2,1-2H3/t23-/m0/s1. The maximum Gasteiger partial charge on any atom is 0.223 e. The molecule has 0 saturated heterocycles. The van der Waals surface area contributed by atoms with Crippen molar-refractivity contribution in [1.29, 1.82) is 0 Å². The topological polar surface area (TPSA) is 37.4 Å². The molecule has 0 aliphatic carbocycles. The van der Waals surface area contributed by atoms with Crippen molar-refractivity contribution < 1.29 is 9.59 Å². The molecular weight excluding hydrogens is 386 g/mol. The number of carbonyl (C=O) groups excluding carboxylic acids is 2. The van der Waals surface area contributed by atoms with Gasteiger partial charge in [-0.3, -0.25) is 9.59 Å².